The van der Waals surface area contributed by atoms with Gasteiger partial charge in [0.2, 0.25) is 10.0 Å². The predicted octanol–water partition coefficient (Wildman–Crippen LogP) is 1.50. The lowest BCUT2D eigenvalue weighted by Crippen LogP contribution is -2.36. The van der Waals surface area contributed by atoms with E-state index < -0.39 is 15.9 Å². The smallest absolute Gasteiger partial charge is 0.265 e. The molecule has 6 heteroatoms. The third-order valence-electron chi connectivity index (χ3n) is 3.46. The molecule has 0 atom stereocenters. The van der Waals surface area contributed by atoms with Crippen LogP contribution in [0.5, 0.6) is 0 Å². The number of pyridine rings is 1. The zero-order valence-electron chi connectivity index (χ0n) is 10.9. The monoisotopic (exact) mass is 282 g/mol. The van der Waals surface area contributed by atoms with Gasteiger partial charge in [-0.25, -0.2) is 13.1 Å². The van der Waals surface area contributed by atoms with E-state index in [0.29, 0.717) is 12.0 Å². The molecular formula is C13H18N2O3S. The van der Waals surface area contributed by atoms with Gasteiger partial charge in [0.15, 0.2) is 0 Å². The van der Waals surface area contributed by atoms with Gasteiger partial charge in [-0.15, -0.1) is 0 Å². The van der Waals surface area contributed by atoms with Crippen molar-refractivity contribution >= 4 is 15.9 Å². The van der Waals surface area contributed by atoms with Crippen molar-refractivity contribution in [2.45, 2.75) is 32.6 Å². The first-order valence-electron chi connectivity index (χ1n) is 6.49. The lowest BCUT2D eigenvalue weighted by molar-refractivity contribution is 0.0980. The number of hydrogen-bond donors (Lipinski definition) is 1. The molecule has 19 heavy (non-hydrogen) atoms. The number of carbonyl (C=O) groups is 1. The molecule has 5 nitrogen and oxygen atoms in total. The Balaban J connectivity index is 2.07. The molecule has 0 saturated heterocycles. The van der Waals surface area contributed by atoms with Crippen LogP contribution in [0.15, 0.2) is 18.5 Å². The highest BCUT2D eigenvalue weighted by molar-refractivity contribution is 7.90. The number of sulfonamides is 1. The topological polar surface area (TPSA) is 76.1 Å². The third-order valence-corrected chi connectivity index (χ3v) is 4.86. The van der Waals surface area contributed by atoms with Crippen molar-refractivity contribution in [2.24, 2.45) is 5.92 Å². The summed E-state index contributed by atoms with van der Waals surface area (Å²) >= 11 is 0. The van der Waals surface area contributed by atoms with Crippen LogP contribution < -0.4 is 4.72 Å². The molecule has 2 rings (SSSR count). The molecule has 0 unspecified atom stereocenters. The van der Waals surface area contributed by atoms with Crippen molar-refractivity contribution in [3.63, 3.8) is 0 Å². The largest absolute Gasteiger partial charge is 0.268 e. The summed E-state index contributed by atoms with van der Waals surface area (Å²) in [6.07, 6.45) is 6.67. The van der Waals surface area contributed by atoms with Crippen molar-refractivity contribution in [1.29, 1.82) is 0 Å². The van der Waals surface area contributed by atoms with Gasteiger partial charge in [0.05, 0.1) is 5.75 Å². The van der Waals surface area contributed by atoms with Gasteiger partial charge in [0.1, 0.15) is 0 Å². The van der Waals surface area contributed by atoms with Crippen molar-refractivity contribution in [3.8, 4) is 0 Å². The van der Waals surface area contributed by atoms with Crippen LogP contribution in [0.25, 0.3) is 0 Å². The maximum Gasteiger partial charge on any atom is 0.265 e. The fraction of sp³-hybridized carbons (Fsp3) is 0.538. The third kappa shape index (κ3) is 3.53. The summed E-state index contributed by atoms with van der Waals surface area (Å²) in [5.41, 5.74) is 1.13. The summed E-state index contributed by atoms with van der Waals surface area (Å²) in [7, 11) is -3.53. The molecule has 1 amide bonds. The zero-order chi connectivity index (χ0) is 13.9. The molecule has 1 fully saturated rings. The van der Waals surface area contributed by atoms with E-state index in [1.165, 1.54) is 6.20 Å². The summed E-state index contributed by atoms with van der Waals surface area (Å²) in [4.78, 5) is 15.9. The first-order valence-corrected chi connectivity index (χ1v) is 8.15. The van der Waals surface area contributed by atoms with E-state index in [2.05, 4.69) is 9.71 Å². The van der Waals surface area contributed by atoms with Gasteiger partial charge in [-0.05, 0) is 36.8 Å². The number of aromatic nitrogens is 1. The highest BCUT2D eigenvalue weighted by Crippen LogP contribution is 2.27. The molecular weight excluding hydrogens is 264 g/mol. The Labute approximate surface area is 113 Å². The molecule has 1 aliphatic carbocycles. The molecule has 0 aromatic carbocycles. The zero-order valence-corrected chi connectivity index (χ0v) is 11.7. The Bertz CT molecular complexity index is 565. The second-order valence-electron chi connectivity index (χ2n) is 4.90. The highest BCUT2D eigenvalue weighted by atomic mass is 32.2. The molecule has 1 aliphatic rings. The second kappa shape index (κ2) is 5.69. The van der Waals surface area contributed by atoms with Crippen molar-refractivity contribution in [1.82, 2.24) is 9.71 Å². The van der Waals surface area contributed by atoms with Crippen LogP contribution in [0.4, 0.5) is 0 Å². The summed E-state index contributed by atoms with van der Waals surface area (Å²) < 4.78 is 25.9. The van der Waals surface area contributed by atoms with E-state index in [0.717, 1.165) is 24.8 Å². The fourth-order valence-electron chi connectivity index (χ4n) is 2.14. The summed E-state index contributed by atoms with van der Waals surface area (Å²) in [6, 6.07) is 1.55. The number of carbonyl (C=O) groups excluding carboxylic acids is 1. The van der Waals surface area contributed by atoms with Gasteiger partial charge >= 0.3 is 0 Å². The number of aryl methyl sites for hydroxylation is 1. The lowest BCUT2D eigenvalue weighted by Gasteiger charge is -2.24. The second-order valence-corrected chi connectivity index (χ2v) is 6.66. The van der Waals surface area contributed by atoms with E-state index in [-0.39, 0.29) is 11.7 Å². The van der Waals surface area contributed by atoms with Crippen LogP contribution in [0, 0.1) is 5.92 Å². The minimum absolute atomic E-state index is 0.0469. The van der Waals surface area contributed by atoms with Crippen LogP contribution in [0.3, 0.4) is 0 Å². The van der Waals surface area contributed by atoms with Crippen LogP contribution in [0.2, 0.25) is 0 Å². The van der Waals surface area contributed by atoms with Gasteiger partial charge in [0, 0.05) is 18.0 Å². The van der Waals surface area contributed by atoms with E-state index >= 15 is 0 Å². The van der Waals surface area contributed by atoms with Crippen molar-refractivity contribution < 1.29 is 13.2 Å². The Morgan fingerprint density at radius 3 is 2.79 bits per heavy atom. The minimum Gasteiger partial charge on any atom is -0.268 e. The number of rotatable bonds is 5. The van der Waals surface area contributed by atoms with Crippen LogP contribution >= 0.6 is 0 Å². The van der Waals surface area contributed by atoms with Gasteiger partial charge < -0.3 is 0 Å². The predicted molar refractivity (Wildman–Crippen MR) is 72.2 cm³/mol. The van der Waals surface area contributed by atoms with Crippen LogP contribution in [0.1, 0.15) is 42.1 Å². The summed E-state index contributed by atoms with van der Waals surface area (Å²) in [5.74, 6) is -0.308. The minimum atomic E-state index is -3.53. The molecule has 104 valence electrons. The number of hydrogen-bond acceptors (Lipinski definition) is 4. The molecule has 1 aromatic rings. The van der Waals surface area contributed by atoms with E-state index in [1.807, 2.05) is 6.92 Å². The maximum atomic E-state index is 12.0. The maximum absolute atomic E-state index is 12.0. The molecule has 1 aromatic heterocycles. The molecule has 0 radical (unpaired) electrons. The summed E-state index contributed by atoms with van der Waals surface area (Å²) in [5, 5.41) is 0. The first kappa shape index (κ1) is 14.0. The van der Waals surface area contributed by atoms with Gasteiger partial charge in [-0.2, -0.15) is 0 Å². The lowest BCUT2D eigenvalue weighted by atomic mass is 9.87. The quantitative estimate of drug-likeness (QED) is 0.888. The Kier molecular flexibility index (Phi) is 4.19. The Morgan fingerprint density at radius 2 is 2.21 bits per heavy atom. The first-order chi connectivity index (χ1) is 9.02. The SMILES string of the molecule is CCc1cnccc1C(=O)NS(=O)(=O)CC1CCC1. The average Bonchev–Trinajstić information content (AvgIpc) is 2.33. The van der Waals surface area contributed by atoms with Crippen molar-refractivity contribution in [2.75, 3.05) is 5.75 Å². The molecule has 0 bridgehead atoms. The molecule has 0 aliphatic heterocycles. The number of nitrogens with one attached hydrogen (secondary N) is 1. The van der Waals surface area contributed by atoms with Crippen LogP contribution in [-0.4, -0.2) is 25.1 Å². The summed E-state index contributed by atoms with van der Waals surface area (Å²) in [6.45, 7) is 1.90. The van der Waals surface area contributed by atoms with E-state index in [4.69, 9.17) is 0 Å². The van der Waals surface area contributed by atoms with E-state index in [9.17, 15) is 13.2 Å². The molecule has 1 heterocycles. The fourth-order valence-corrected chi connectivity index (χ4v) is 3.57. The number of amides is 1. The Hall–Kier alpha value is -1.43. The average molecular weight is 282 g/mol. The standard InChI is InChI=1S/C13H18N2O3S/c1-2-11-8-14-7-6-12(11)13(16)15-19(17,18)9-10-4-3-5-10/h6-8,10H,2-5,9H2,1H3,(H,15,16). The van der Waals surface area contributed by atoms with Gasteiger partial charge in [-0.1, -0.05) is 13.3 Å². The normalized spacial score (nSPS) is 15.8. The Morgan fingerprint density at radius 1 is 1.47 bits per heavy atom. The van der Waals surface area contributed by atoms with Gasteiger partial charge in [0.25, 0.3) is 5.91 Å². The van der Waals surface area contributed by atoms with Crippen molar-refractivity contribution in [3.05, 3.63) is 29.6 Å². The molecule has 0 spiro atoms. The van der Waals surface area contributed by atoms with Gasteiger partial charge in [-0.3, -0.25) is 9.78 Å². The van der Waals surface area contributed by atoms with E-state index in [1.54, 1.807) is 12.3 Å². The molecule has 1 N–H and O–H groups in total. The highest BCUT2D eigenvalue weighted by Gasteiger charge is 2.26. The molecule has 1 saturated carbocycles. The van der Waals surface area contributed by atoms with Crippen LogP contribution in [-0.2, 0) is 16.4 Å². The number of nitrogens with zero attached hydrogens (tertiary/aromatic N) is 1.